The number of nitrogens with zero attached hydrogens (tertiary/aromatic N) is 5. The number of fused-ring (bicyclic) bond motifs is 1. The van der Waals surface area contributed by atoms with Gasteiger partial charge in [0.15, 0.2) is 12.3 Å². The quantitative estimate of drug-likeness (QED) is 0.489. The fraction of sp³-hybridized carbons (Fsp3) is 0.238. The molecule has 0 N–H and O–H groups in total. The van der Waals surface area contributed by atoms with Crippen molar-refractivity contribution in [2.24, 2.45) is 0 Å². The Morgan fingerprint density at radius 1 is 1.21 bits per heavy atom. The second kappa shape index (κ2) is 8.00. The Morgan fingerprint density at radius 3 is 2.72 bits per heavy atom. The maximum absolute atomic E-state index is 12.4. The molecule has 1 amide bonds. The summed E-state index contributed by atoms with van der Waals surface area (Å²) in [5, 5.41) is 7.12. The molecule has 7 nitrogen and oxygen atoms in total. The monoisotopic (exact) mass is 407 g/mol. The molecule has 148 valence electrons. The molecule has 0 radical (unpaired) electrons. The van der Waals surface area contributed by atoms with Gasteiger partial charge in [-0.2, -0.15) is 5.10 Å². The summed E-state index contributed by atoms with van der Waals surface area (Å²) < 4.78 is 7.48. The first-order valence-electron chi connectivity index (χ1n) is 9.18. The lowest BCUT2D eigenvalue weighted by molar-refractivity contribution is -0.132. The molecule has 0 aliphatic heterocycles. The number of thiophene rings is 1. The van der Waals surface area contributed by atoms with Crippen LogP contribution in [0, 0.1) is 13.8 Å². The number of amides is 1. The first-order chi connectivity index (χ1) is 14.0. The minimum Gasteiger partial charge on any atom is -0.467 e. The molecule has 0 unspecified atom stereocenters. The summed E-state index contributed by atoms with van der Waals surface area (Å²) in [6, 6.07) is 10.2. The van der Waals surface area contributed by atoms with Crippen molar-refractivity contribution >= 4 is 28.3 Å². The van der Waals surface area contributed by atoms with Crippen LogP contribution >= 0.6 is 11.3 Å². The van der Waals surface area contributed by atoms with Gasteiger partial charge in [0.1, 0.15) is 11.7 Å². The van der Waals surface area contributed by atoms with Gasteiger partial charge in [0.2, 0.25) is 5.88 Å². The zero-order valence-electron chi connectivity index (χ0n) is 16.5. The maximum atomic E-state index is 12.4. The van der Waals surface area contributed by atoms with Crippen LogP contribution in [0.2, 0.25) is 0 Å². The number of carbonyl (C=O) groups excluding carboxylic acids is 1. The van der Waals surface area contributed by atoms with Gasteiger partial charge < -0.3 is 9.64 Å². The summed E-state index contributed by atoms with van der Waals surface area (Å²) in [7, 11) is 1.76. The molecule has 4 aromatic rings. The van der Waals surface area contributed by atoms with E-state index in [1.807, 2.05) is 43.5 Å². The molecule has 0 saturated carbocycles. The molecule has 4 rings (SSSR count). The molecule has 0 saturated heterocycles. The standard InChI is InChI=1S/C21H21N5O2S/c1-14-7-15(2)9-16(8-14)26-20-18(10-24-26)21(23-13-22-20)28-12-19(27)25(3)11-17-5-4-6-29-17/h4-10,13H,11-12H2,1-3H3. The summed E-state index contributed by atoms with van der Waals surface area (Å²) in [4.78, 5) is 23.8. The highest BCUT2D eigenvalue weighted by Crippen LogP contribution is 2.24. The molecule has 0 aliphatic carbocycles. The molecule has 0 spiro atoms. The van der Waals surface area contributed by atoms with Crippen LogP contribution < -0.4 is 4.74 Å². The van der Waals surface area contributed by atoms with Crippen molar-refractivity contribution in [3.8, 4) is 11.6 Å². The number of hydrogen-bond acceptors (Lipinski definition) is 6. The van der Waals surface area contributed by atoms with Crippen LogP contribution in [-0.2, 0) is 11.3 Å². The van der Waals surface area contributed by atoms with Crippen molar-refractivity contribution in [1.82, 2.24) is 24.6 Å². The van der Waals surface area contributed by atoms with E-state index in [0.717, 1.165) is 21.7 Å². The lowest BCUT2D eigenvalue weighted by atomic mass is 10.1. The number of ether oxygens (including phenoxy) is 1. The highest BCUT2D eigenvalue weighted by Gasteiger charge is 2.16. The number of carbonyl (C=O) groups is 1. The van der Waals surface area contributed by atoms with E-state index in [-0.39, 0.29) is 12.5 Å². The van der Waals surface area contributed by atoms with Crippen molar-refractivity contribution < 1.29 is 9.53 Å². The molecule has 3 aromatic heterocycles. The minimum absolute atomic E-state index is 0.0945. The summed E-state index contributed by atoms with van der Waals surface area (Å²) in [5.41, 5.74) is 3.86. The van der Waals surface area contributed by atoms with Crippen LogP contribution in [0.3, 0.4) is 0 Å². The van der Waals surface area contributed by atoms with Gasteiger partial charge in [-0.05, 0) is 48.6 Å². The van der Waals surface area contributed by atoms with Crippen LogP contribution in [0.15, 0.2) is 48.2 Å². The van der Waals surface area contributed by atoms with Crippen LogP contribution in [0.5, 0.6) is 5.88 Å². The van der Waals surface area contributed by atoms with Crippen molar-refractivity contribution in [2.75, 3.05) is 13.7 Å². The van der Waals surface area contributed by atoms with Gasteiger partial charge >= 0.3 is 0 Å². The smallest absolute Gasteiger partial charge is 0.260 e. The molecule has 8 heteroatoms. The van der Waals surface area contributed by atoms with E-state index in [0.29, 0.717) is 23.5 Å². The molecule has 0 atom stereocenters. The number of benzene rings is 1. The largest absolute Gasteiger partial charge is 0.467 e. The highest BCUT2D eigenvalue weighted by atomic mass is 32.1. The van der Waals surface area contributed by atoms with E-state index in [1.165, 1.54) is 6.33 Å². The lowest BCUT2D eigenvalue weighted by Gasteiger charge is -2.16. The topological polar surface area (TPSA) is 73.1 Å². The molecular formula is C21H21N5O2S. The normalized spacial score (nSPS) is 11.0. The van der Waals surface area contributed by atoms with Crippen LogP contribution in [0.1, 0.15) is 16.0 Å². The molecule has 0 bridgehead atoms. The average molecular weight is 407 g/mol. The van der Waals surface area contributed by atoms with E-state index in [4.69, 9.17) is 4.74 Å². The summed E-state index contributed by atoms with van der Waals surface area (Å²) in [6.45, 7) is 4.56. The second-order valence-corrected chi connectivity index (χ2v) is 7.97. The number of aromatic nitrogens is 4. The Labute approximate surface area is 172 Å². The van der Waals surface area contributed by atoms with Gasteiger partial charge in [0.25, 0.3) is 5.91 Å². The van der Waals surface area contributed by atoms with Gasteiger partial charge in [-0.1, -0.05) is 12.1 Å². The lowest BCUT2D eigenvalue weighted by Crippen LogP contribution is -2.30. The predicted molar refractivity (Wildman–Crippen MR) is 112 cm³/mol. The molecule has 3 heterocycles. The fourth-order valence-electron chi connectivity index (χ4n) is 3.16. The Bertz CT molecular complexity index is 1130. The zero-order valence-corrected chi connectivity index (χ0v) is 17.3. The van der Waals surface area contributed by atoms with Crippen molar-refractivity contribution in [3.05, 3.63) is 64.2 Å². The number of aryl methyl sites for hydroxylation is 2. The van der Waals surface area contributed by atoms with E-state index >= 15 is 0 Å². The molecule has 0 aliphatic rings. The Kier molecular flexibility index (Phi) is 5.26. The van der Waals surface area contributed by atoms with Gasteiger partial charge in [-0.3, -0.25) is 4.79 Å². The second-order valence-electron chi connectivity index (χ2n) is 6.94. The maximum Gasteiger partial charge on any atom is 0.260 e. The van der Waals surface area contributed by atoms with E-state index in [1.54, 1.807) is 34.2 Å². The number of likely N-dealkylation sites (N-methyl/N-ethyl adjacent to an activating group) is 1. The first-order valence-corrected chi connectivity index (χ1v) is 10.1. The third-order valence-electron chi connectivity index (χ3n) is 4.51. The van der Waals surface area contributed by atoms with E-state index in [2.05, 4.69) is 21.1 Å². The van der Waals surface area contributed by atoms with Crippen molar-refractivity contribution in [2.45, 2.75) is 20.4 Å². The SMILES string of the molecule is Cc1cc(C)cc(-n2ncc3c(OCC(=O)N(C)Cc4cccs4)ncnc32)c1. The molecular weight excluding hydrogens is 386 g/mol. The molecule has 0 fully saturated rings. The molecule has 29 heavy (non-hydrogen) atoms. The third-order valence-corrected chi connectivity index (χ3v) is 5.37. The van der Waals surface area contributed by atoms with Gasteiger partial charge in [0, 0.05) is 11.9 Å². The summed E-state index contributed by atoms with van der Waals surface area (Å²) in [5.74, 6) is 0.232. The van der Waals surface area contributed by atoms with Crippen LogP contribution in [0.25, 0.3) is 16.7 Å². The Balaban J connectivity index is 1.53. The number of rotatable bonds is 6. The molecule has 1 aromatic carbocycles. The minimum atomic E-state index is -0.119. The Morgan fingerprint density at radius 2 is 2.00 bits per heavy atom. The number of hydrogen-bond donors (Lipinski definition) is 0. The fourth-order valence-corrected chi connectivity index (χ4v) is 3.92. The van der Waals surface area contributed by atoms with Crippen LogP contribution in [0.4, 0.5) is 0 Å². The zero-order chi connectivity index (χ0) is 20.4. The van der Waals surface area contributed by atoms with Crippen molar-refractivity contribution in [3.63, 3.8) is 0 Å². The first kappa shape index (κ1) is 19.1. The van der Waals surface area contributed by atoms with E-state index in [9.17, 15) is 4.79 Å². The van der Waals surface area contributed by atoms with E-state index < -0.39 is 0 Å². The highest BCUT2D eigenvalue weighted by molar-refractivity contribution is 7.09. The summed E-state index contributed by atoms with van der Waals surface area (Å²) in [6.07, 6.45) is 3.10. The third kappa shape index (κ3) is 4.12. The van der Waals surface area contributed by atoms with Gasteiger partial charge in [-0.25, -0.2) is 14.6 Å². The van der Waals surface area contributed by atoms with Crippen molar-refractivity contribution in [1.29, 1.82) is 0 Å². The summed E-state index contributed by atoms with van der Waals surface area (Å²) >= 11 is 1.62. The van der Waals surface area contributed by atoms with Gasteiger partial charge in [-0.15, -0.1) is 11.3 Å². The van der Waals surface area contributed by atoms with Gasteiger partial charge in [0.05, 0.1) is 18.4 Å². The van der Waals surface area contributed by atoms with Crippen LogP contribution in [-0.4, -0.2) is 44.2 Å². The average Bonchev–Trinajstić information content (AvgIpc) is 3.35. The Hall–Kier alpha value is -3.26. The predicted octanol–water partition coefficient (Wildman–Crippen LogP) is 3.53.